The molecule has 0 unspecified atom stereocenters. The third-order valence-electron chi connectivity index (χ3n) is 2.66. The molecule has 1 aromatic rings. The predicted octanol–water partition coefficient (Wildman–Crippen LogP) is 1.67. The third kappa shape index (κ3) is 3.00. The molecule has 3 nitrogen and oxygen atoms in total. The van der Waals surface area contributed by atoms with Gasteiger partial charge in [-0.2, -0.15) is 0 Å². The molecule has 0 aliphatic carbocycles. The fourth-order valence-corrected chi connectivity index (χ4v) is 2.58. The summed E-state index contributed by atoms with van der Waals surface area (Å²) in [5, 5.41) is 6.83. The number of piperazine rings is 1. The van der Waals surface area contributed by atoms with Crippen LogP contribution in [-0.4, -0.2) is 36.1 Å². The van der Waals surface area contributed by atoms with Gasteiger partial charge in [0.15, 0.2) is 0 Å². The Hall–Kier alpha value is -0.450. The summed E-state index contributed by atoms with van der Waals surface area (Å²) >= 11 is 1.79. The Labute approximate surface area is 95.5 Å². The van der Waals surface area contributed by atoms with Crippen molar-refractivity contribution in [1.82, 2.24) is 15.2 Å². The Balaban J connectivity index is 1.91. The lowest BCUT2D eigenvalue weighted by atomic mass is 10.2. The number of rotatable bonds is 3. The first-order valence-electron chi connectivity index (χ1n) is 5.63. The van der Waals surface area contributed by atoms with Gasteiger partial charge in [0.25, 0.3) is 0 Å². The lowest BCUT2D eigenvalue weighted by Gasteiger charge is -2.26. The summed E-state index contributed by atoms with van der Waals surface area (Å²) in [4.78, 5) is 7.13. The topological polar surface area (TPSA) is 28.2 Å². The highest BCUT2D eigenvalue weighted by Crippen LogP contribution is 2.19. The van der Waals surface area contributed by atoms with Crippen molar-refractivity contribution < 1.29 is 0 Å². The summed E-state index contributed by atoms with van der Waals surface area (Å²) in [5.41, 5.74) is 1.24. The first-order valence-corrected chi connectivity index (χ1v) is 6.51. The van der Waals surface area contributed by atoms with Gasteiger partial charge in [-0.1, -0.05) is 13.8 Å². The number of thiazole rings is 1. The maximum absolute atomic E-state index is 4.66. The first kappa shape index (κ1) is 11.0. The van der Waals surface area contributed by atoms with Crippen LogP contribution < -0.4 is 5.32 Å². The van der Waals surface area contributed by atoms with Gasteiger partial charge in [-0.3, -0.25) is 4.90 Å². The van der Waals surface area contributed by atoms with E-state index in [2.05, 4.69) is 34.4 Å². The van der Waals surface area contributed by atoms with Crippen LogP contribution in [0.4, 0.5) is 0 Å². The van der Waals surface area contributed by atoms with Crippen LogP contribution in [0.1, 0.15) is 30.5 Å². The molecule has 84 valence electrons. The van der Waals surface area contributed by atoms with Gasteiger partial charge in [-0.15, -0.1) is 11.3 Å². The molecule has 0 aromatic carbocycles. The molecule has 1 N–H and O–H groups in total. The summed E-state index contributed by atoms with van der Waals surface area (Å²) in [5.74, 6) is 0.562. The second-order valence-corrected chi connectivity index (χ2v) is 5.25. The molecule has 0 spiro atoms. The van der Waals surface area contributed by atoms with Crippen molar-refractivity contribution in [2.75, 3.05) is 26.2 Å². The monoisotopic (exact) mass is 225 g/mol. The number of hydrogen-bond acceptors (Lipinski definition) is 4. The third-order valence-corrected chi connectivity index (χ3v) is 3.85. The normalized spacial score (nSPS) is 18.6. The van der Waals surface area contributed by atoms with Crippen molar-refractivity contribution in [2.45, 2.75) is 26.3 Å². The maximum Gasteiger partial charge on any atom is 0.0954 e. The fourth-order valence-electron chi connectivity index (χ4n) is 1.76. The van der Waals surface area contributed by atoms with E-state index < -0.39 is 0 Å². The number of nitrogens with zero attached hydrogens (tertiary/aromatic N) is 2. The molecule has 1 aromatic heterocycles. The van der Waals surface area contributed by atoms with Gasteiger partial charge in [-0.25, -0.2) is 4.98 Å². The molecule has 15 heavy (non-hydrogen) atoms. The molecular formula is C11H19N3S. The molecule has 1 fully saturated rings. The molecule has 0 radical (unpaired) electrons. The molecule has 1 aliphatic rings. The number of hydrogen-bond donors (Lipinski definition) is 1. The van der Waals surface area contributed by atoms with Crippen LogP contribution >= 0.6 is 11.3 Å². The Morgan fingerprint density at radius 3 is 2.80 bits per heavy atom. The van der Waals surface area contributed by atoms with Crippen LogP contribution in [0, 0.1) is 0 Å². The minimum Gasteiger partial charge on any atom is -0.314 e. The average molecular weight is 225 g/mol. The Kier molecular flexibility index (Phi) is 3.72. The van der Waals surface area contributed by atoms with Crippen molar-refractivity contribution in [3.05, 3.63) is 16.1 Å². The van der Waals surface area contributed by atoms with E-state index in [1.165, 1.54) is 10.7 Å². The summed E-state index contributed by atoms with van der Waals surface area (Å²) < 4.78 is 0. The Morgan fingerprint density at radius 2 is 2.20 bits per heavy atom. The Morgan fingerprint density at radius 1 is 1.47 bits per heavy atom. The van der Waals surface area contributed by atoms with Crippen LogP contribution in [0.25, 0.3) is 0 Å². The van der Waals surface area contributed by atoms with Crippen molar-refractivity contribution >= 4 is 11.3 Å². The molecule has 0 saturated carbocycles. The minimum atomic E-state index is 0.562. The van der Waals surface area contributed by atoms with Gasteiger partial charge >= 0.3 is 0 Å². The van der Waals surface area contributed by atoms with Crippen LogP contribution in [0.5, 0.6) is 0 Å². The van der Waals surface area contributed by atoms with Crippen LogP contribution in [0.2, 0.25) is 0 Å². The van der Waals surface area contributed by atoms with Gasteiger partial charge in [0.2, 0.25) is 0 Å². The van der Waals surface area contributed by atoms with E-state index >= 15 is 0 Å². The highest BCUT2D eigenvalue weighted by Gasteiger charge is 2.12. The second kappa shape index (κ2) is 5.05. The van der Waals surface area contributed by atoms with Gasteiger partial charge < -0.3 is 5.32 Å². The van der Waals surface area contributed by atoms with Crippen LogP contribution in [-0.2, 0) is 6.54 Å². The SMILES string of the molecule is CC(C)c1nc(CN2CCNCC2)cs1. The quantitative estimate of drug-likeness (QED) is 0.848. The Bertz CT molecular complexity index is 303. The fraction of sp³-hybridized carbons (Fsp3) is 0.727. The smallest absolute Gasteiger partial charge is 0.0954 e. The van der Waals surface area contributed by atoms with Crippen LogP contribution in [0.3, 0.4) is 0 Å². The van der Waals surface area contributed by atoms with E-state index in [1.807, 2.05) is 0 Å². The highest BCUT2D eigenvalue weighted by atomic mass is 32.1. The molecule has 1 aliphatic heterocycles. The molecule has 0 amide bonds. The predicted molar refractivity (Wildman–Crippen MR) is 64.3 cm³/mol. The zero-order valence-electron chi connectivity index (χ0n) is 9.49. The van der Waals surface area contributed by atoms with Gasteiger partial charge in [-0.05, 0) is 0 Å². The number of aromatic nitrogens is 1. The van der Waals surface area contributed by atoms with Crippen molar-refractivity contribution in [1.29, 1.82) is 0 Å². The minimum absolute atomic E-state index is 0.562. The van der Waals surface area contributed by atoms with E-state index in [9.17, 15) is 0 Å². The highest BCUT2D eigenvalue weighted by molar-refractivity contribution is 7.09. The summed E-state index contributed by atoms with van der Waals surface area (Å²) in [6.07, 6.45) is 0. The van der Waals surface area contributed by atoms with E-state index in [1.54, 1.807) is 11.3 Å². The van der Waals surface area contributed by atoms with E-state index in [4.69, 9.17) is 0 Å². The lowest BCUT2D eigenvalue weighted by molar-refractivity contribution is 0.231. The van der Waals surface area contributed by atoms with Gasteiger partial charge in [0.1, 0.15) is 0 Å². The molecule has 0 atom stereocenters. The van der Waals surface area contributed by atoms with Crippen LogP contribution in [0.15, 0.2) is 5.38 Å². The summed E-state index contributed by atoms with van der Waals surface area (Å²) in [6, 6.07) is 0. The number of nitrogens with one attached hydrogen (secondary N) is 1. The molecular weight excluding hydrogens is 206 g/mol. The van der Waals surface area contributed by atoms with Crippen molar-refractivity contribution in [3.63, 3.8) is 0 Å². The van der Waals surface area contributed by atoms with Crippen molar-refractivity contribution in [2.24, 2.45) is 0 Å². The van der Waals surface area contributed by atoms with Crippen molar-refractivity contribution in [3.8, 4) is 0 Å². The molecule has 2 heterocycles. The zero-order chi connectivity index (χ0) is 10.7. The standard InChI is InChI=1S/C11H19N3S/c1-9(2)11-13-10(8-15-11)7-14-5-3-12-4-6-14/h8-9,12H,3-7H2,1-2H3. The molecule has 2 rings (SSSR count). The van der Waals surface area contributed by atoms with E-state index in [0.29, 0.717) is 5.92 Å². The van der Waals surface area contributed by atoms with E-state index in [0.717, 1.165) is 32.7 Å². The average Bonchev–Trinajstić information content (AvgIpc) is 2.68. The second-order valence-electron chi connectivity index (χ2n) is 4.36. The largest absolute Gasteiger partial charge is 0.314 e. The summed E-state index contributed by atoms with van der Waals surface area (Å²) in [6.45, 7) is 9.94. The lowest BCUT2D eigenvalue weighted by Crippen LogP contribution is -2.42. The van der Waals surface area contributed by atoms with E-state index in [-0.39, 0.29) is 0 Å². The maximum atomic E-state index is 4.66. The first-order chi connectivity index (χ1) is 7.25. The zero-order valence-corrected chi connectivity index (χ0v) is 10.3. The van der Waals surface area contributed by atoms with Gasteiger partial charge in [0.05, 0.1) is 10.7 Å². The molecule has 1 saturated heterocycles. The molecule has 0 bridgehead atoms. The molecule has 4 heteroatoms. The van der Waals surface area contributed by atoms with Gasteiger partial charge in [0, 0.05) is 44.0 Å². The summed E-state index contributed by atoms with van der Waals surface area (Å²) in [7, 11) is 0.